The molecule has 9 heteroatoms. The summed E-state index contributed by atoms with van der Waals surface area (Å²) in [5.74, 6) is 2.27. The van der Waals surface area contributed by atoms with E-state index in [1.807, 2.05) is 63.2 Å². The normalized spacial score (nSPS) is 11.1. The third-order valence-electron chi connectivity index (χ3n) is 7.83. The second-order valence-electron chi connectivity index (χ2n) is 10.9. The third kappa shape index (κ3) is 5.43. The summed E-state index contributed by atoms with van der Waals surface area (Å²) in [6.07, 6.45) is 5.28. The molecule has 7 rings (SSSR count). The van der Waals surface area contributed by atoms with Crippen LogP contribution in [0.3, 0.4) is 0 Å². The van der Waals surface area contributed by atoms with Gasteiger partial charge in [0.15, 0.2) is 0 Å². The van der Waals surface area contributed by atoms with Crippen molar-refractivity contribution in [1.82, 2.24) is 19.3 Å². The zero-order valence-corrected chi connectivity index (χ0v) is 28.1. The van der Waals surface area contributed by atoms with Crippen LogP contribution in [0, 0.1) is 38.7 Å². The Morgan fingerprint density at radius 3 is 2.30 bits per heavy atom. The average Bonchev–Trinajstić information content (AvgIpc) is 3.64. The van der Waals surface area contributed by atoms with Gasteiger partial charge in [-0.1, -0.05) is 29.8 Å². The van der Waals surface area contributed by atoms with Gasteiger partial charge in [-0.15, -0.1) is 29.7 Å². The summed E-state index contributed by atoms with van der Waals surface area (Å²) in [4.78, 5) is 4.63. The minimum absolute atomic E-state index is 0. The van der Waals surface area contributed by atoms with E-state index in [0.29, 0.717) is 22.9 Å². The Balaban J connectivity index is 0.00000372. The second-order valence-corrected chi connectivity index (χ2v) is 10.9. The summed E-state index contributed by atoms with van der Waals surface area (Å²) in [5.41, 5.74) is 6.75. The number of aryl methyl sites for hydroxylation is 3. The number of halogens is 1. The number of rotatable bonds is 7. The van der Waals surface area contributed by atoms with Crippen LogP contribution in [-0.2, 0) is 21.1 Å². The molecule has 4 aromatic carbocycles. The molecule has 0 radical (unpaired) electrons. The van der Waals surface area contributed by atoms with Crippen LogP contribution in [0.4, 0.5) is 4.39 Å². The predicted octanol–water partition coefficient (Wildman–Crippen LogP) is 8.50. The number of hydrogen-bond donors (Lipinski definition) is 0. The number of methoxy groups -OCH3 is 2. The third-order valence-corrected chi connectivity index (χ3v) is 7.83. The van der Waals surface area contributed by atoms with E-state index in [4.69, 9.17) is 14.2 Å². The van der Waals surface area contributed by atoms with Crippen molar-refractivity contribution in [2.45, 2.75) is 20.8 Å². The first-order valence-electron chi connectivity index (χ1n) is 14.4. The van der Waals surface area contributed by atoms with Gasteiger partial charge in [0, 0.05) is 40.8 Å². The fraction of sp³-hybridized carbons (Fsp3) is 0.135. The van der Waals surface area contributed by atoms with E-state index in [1.54, 1.807) is 37.5 Å². The minimum Gasteiger partial charge on any atom is -0.509 e. The molecule has 0 aliphatic rings. The van der Waals surface area contributed by atoms with Crippen molar-refractivity contribution in [3.8, 4) is 45.6 Å². The summed E-state index contributed by atoms with van der Waals surface area (Å²) < 4.78 is 36.2. The second kappa shape index (κ2) is 12.5. The molecule has 0 unspecified atom stereocenters. The smallest absolute Gasteiger partial charge is 0.509 e. The molecule has 0 saturated carbocycles. The Morgan fingerprint density at radius 1 is 0.804 bits per heavy atom. The molecule has 0 aliphatic heterocycles. The molecule has 0 atom stereocenters. The van der Waals surface area contributed by atoms with Gasteiger partial charge in [-0.3, -0.25) is 4.68 Å². The van der Waals surface area contributed by atoms with Crippen molar-refractivity contribution in [2.24, 2.45) is 0 Å². The van der Waals surface area contributed by atoms with Crippen LogP contribution in [0.25, 0.3) is 44.4 Å². The van der Waals surface area contributed by atoms with Crippen LogP contribution in [0.5, 0.6) is 23.0 Å². The summed E-state index contributed by atoms with van der Waals surface area (Å²) in [7, 11) is 3.25. The topological polar surface area (TPSA) is 63.3 Å². The maximum Gasteiger partial charge on any atom is 2.00 e. The van der Waals surface area contributed by atoms with Gasteiger partial charge >= 0.3 is 21.1 Å². The minimum atomic E-state index is -0.489. The molecule has 0 N–H and O–H groups in total. The number of hydrogen-bond acceptors (Lipinski definition) is 5. The first-order valence-corrected chi connectivity index (χ1v) is 14.4. The van der Waals surface area contributed by atoms with Crippen molar-refractivity contribution in [3.63, 3.8) is 0 Å². The van der Waals surface area contributed by atoms with Crippen LogP contribution in [0.15, 0.2) is 85.3 Å². The van der Waals surface area contributed by atoms with Crippen LogP contribution < -0.4 is 14.2 Å². The Kier molecular flexibility index (Phi) is 8.41. The van der Waals surface area contributed by atoms with Gasteiger partial charge in [0.2, 0.25) is 0 Å². The molecular formula is C37H29FN4O3Pt. The molecule has 3 heterocycles. The molecule has 7 nitrogen and oxygen atoms in total. The van der Waals surface area contributed by atoms with Crippen molar-refractivity contribution < 1.29 is 39.7 Å². The van der Waals surface area contributed by atoms with Gasteiger partial charge < -0.3 is 18.8 Å². The number of nitrogens with zero attached hydrogens (tertiary/aromatic N) is 4. The average molecular weight is 792 g/mol. The van der Waals surface area contributed by atoms with Crippen LogP contribution in [-0.4, -0.2) is 33.6 Å². The molecule has 0 fully saturated rings. The summed E-state index contributed by atoms with van der Waals surface area (Å²) in [5, 5.41) is 6.59. The molecule has 3 aromatic heterocycles. The van der Waals surface area contributed by atoms with E-state index in [9.17, 15) is 0 Å². The standard InChI is InChI=1S/C37H29FN4O3.Pt/c1-22-12-13-39-34(14-22)42-32-9-7-6-8-30(32)31-11-10-28(19-33(31)42)45-29-17-26(38)16-27(18-29)41-21-25(20-40-41)35-36(43-4)23(2)15-24(3)37(35)44-5;/h6-17,20-21H,1-5H3;/q-2;+2. The fourth-order valence-electron chi connectivity index (χ4n) is 5.93. The summed E-state index contributed by atoms with van der Waals surface area (Å²) in [6, 6.07) is 27.2. The van der Waals surface area contributed by atoms with Crippen molar-refractivity contribution in [1.29, 1.82) is 0 Å². The van der Waals surface area contributed by atoms with Crippen molar-refractivity contribution >= 4 is 21.8 Å². The Morgan fingerprint density at radius 2 is 1.57 bits per heavy atom. The number of fused-ring (bicyclic) bond motifs is 3. The molecule has 46 heavy (non-hydrogen) atoms. The molecule has 0 spiro atoms. The zero-order chi connectivity index (χ0) is 31.2. The maximum atomic E-state index is 15.0. The summed E-state index contributed by atoms with van der Waals surface area (Å²) >= 11 is 0. The molecule has 0 amide bonds. The Hall–Kier alpha value is -4.94. The summed E-state index contributed by atoms with van der Waals surface area (Å²) in [6.45, 7) is 6.00. The maximum absolute atomic E-state index is 15.0. The number of para-hydroxylation sites is 1. The number of ether oxygens (including phenoxy) is 3. The molecule has 232 valence electrons. The van der Waals surface area contributed by atoms with E-state index < -0.39 is 5.82 Å². The number of pyridine rings is 1. The van der Waals surface area contributed by atoms with Gasteiger partial charge in [0.05, 0.1) is 26.0 Å². The molecule has 0 aliphatic carbocycles. The van der Waals surface area contributed by atoms with Gasteiger partial charge in [0.1, 0.15) is 17.3 Å². The number of aromatic nitrogens is 4. The van der Waals surface area contributed by atoms with Gasteiger partial charge in [-0.2, -0.15) is 11.2 Å². The Labute approximate surface area is 280 Å². The molecule has 0 saturated heterocycles. The molecule has 0 bridgehead atoms. The monoisotopic (exact) mass is 791 g/mol. The zero-order valence-electron chi connectivity index (χ0n) is 25.8. The largest absolute Gasteiger partial charge is 2.00 e. The van der Waals surface area contributed by atoms with Gasteiger partial charge in [0.25, 0.3) is 0 Å². The van der Waals surface area contributed by atoms with E-state index in [2.05, 4.69) is 38.9 Å². The van der Waals surface area contributed by atoms with Crippen LogP contribution in [0.2, 0.25) is 0 Å². The van der Waals surface area contributed by atoms with Gasteiger partial charge in [-0.05, 0) is 72.8 Å². The van der Waals surface area contributed by atoms with Crippen LogP contribution >= 0.6 is 0 Å². The first kappa shape index (κ1) is 31.1. The van der Waals surface area contributed by atoms with Crippen LogP contribution in [0.1, 0.15) is 16.7 Å². The van der Waals surface area contributed by atoms with E-state index in [-0.39, 0.29) is 26.8 Å². The Bertz CT molecular complexity index is 2210. The van der Waals surface area contributed by atoms with Crippen molar-refractivity contribution in [3.05, 3.63) is 120 Å². The number of benzene rings is 4. The predicted molar refractivity (Wildman–Crippen MR) is 173 cm³/mol. The van der Waals surface area contributed by atoms with Crippen molar-refractivity contribution in [2.75, 3.05) is 14.2 Å². The molecular weight excluding hydrogens is 763 g/mol. The first-order chi connectivity index (χ1) is 21.8. The van der Waals surface area contributed by atoms with Gasteiger partial charge in [-0.25, -0.2) is 9.37 Å². The van der Waals surface area contributed by atoms with E-state index >= 15 is 4.39 Å². The quantitative estimate of drug-likeness (QED) is 0.152. The van der Waals surface area contributed by atoms with E-state index in [1.165, 1.54) is 12.1 Å². The SMILES string of the molecule is COc1c(C)cc(C)c(OC)c1-c1cnn(-c2[c-]c(Oc3[c-]c4c(cc3)c3ccccc3n4-c3cc(C)ccn3)cc(F)c2)c1.[Pt+2]. The fourth-order valence-corrected chi connectivity index (χ4v) is 5.93. The molecule has 7 aromatic rings. The van der Waals surface area contributed by atoms with E-state index in [0.717, 1.165) is 55.4 Å².